The van der Waals surface area contributed by atoms with Crippen molar-refractivity contribution in [3.05, 3.63) is 126 Å². The summed E-state index contributed by atoms with van der Waals surface area (Å²) in [6.45, 7) is 0. The summed E-state index contributed by atoms with van der Waals surface area (Å²) in [5.41, 5.74) is 6.70. The Morgan fingerprint density at radius 2 is 0.974 bits per heavy atom. The Hall–Kier alpha value is -4.61. The Bertz CT molecular complexity index is 1930. The largest absolute Gasteiger partial charge is 0.456 e. The van der Waals surface area contributed by atoms with Crippen molar-refractivity contribution in [1.82, 2.24) is 15.0 Å². The molecule has 38 heavy (non-hydrogen) atoms. The van der Waals surface area contributed by atoms with Crippen LogP contribution >= 0.6 is 15.9 Å². The fourth-order valence-corrected chi connectivity index (χ4v) is 5.10. The van der Waals surface area contributed by atoms with Crippen molar-refractivity contribution in [1.29, 1.82) is 0 Å². The zero-order valence-corrected chi connectivity index (χ0v) is 21.8. The zero-order valence-electron chi connectivity index (χ0n) is 20.2. The van der Waals surface area contributed by atoms with Gasteiger partial charge in [0.2, 0.25) is 0 Å². The number of hydrogen-bond acceptors (Lipinski definition) is 4. The van der Waals surface area contributed by atoms with Gasteiger partial charge in [0.1, 0.15) is 11.2 Å². The number of hydrogen-bond donors (Lipinski definition) is 0. The van der Waals surface area contributed by atoms with Crippen molar-refractivity contribution in [2.45, 2.75) is 0 Å². The van der Waals surface area contributed by atoms with Crippen LogP contribution in [-0.4, -0.2) is 15.0 Å². The van der Waals surface area contributed by atoms with Gasteiger partial charge in [0.15, 0.2) is 17.5 Å². The lowest BCUT2D eigenvalue weighted by Gasteiger charge is -2.09. The molecule has 0 aliphatic carbocycles. The van der Waals surface area contributed by atoms with Gasteiger partial charge >= 0.3 is 0 Å². The number of halogens is 1. The quantitative estimate of drug-likeness (QED) is 0.218. The molecule has 0 saturated heterocycles. The number of rotatable bonds is 4. The molecule has 7 rings (SSSR count). The summed E-state index contributed by atoms with van der Waals surface area (Å²) in [6.07, 6.45) is 0. The molecule has 2 aromatic heterocycles. The van der Waals surface area contributed by atoms with Crippen LogP contribution in [0, 0.1) is 0 Å². The topological polar surface area (TPSA) is 51.8 Å². The highest BCUT2D eigenvalue weighted by atomic mass is 79.9. The third kappa shape index (κ3) is 4.17. The van der Waals surface area contributed by atoms with Crippen LogP contribution < -0.4 is 0 Å². The van der Waals surface area contributed by atoms with Gasteiger partial charge in [0.05, 0.1) is 0 Å². The maximum absolute atomic E-state index is 6.14. The number of fused-ring (bicyclic) bond motifs is 3. The Labute approximate surface area is 227 Å². The van der Waals surface area contributed by atoms with Gasteiger partial charge in [-0.05, 0) is 41.5 Å². The molecule has 0 saturated carbocycles. The summed E-state index contributed by atoms with van der Waals surface area (Å²) < 4.78 is 7.10. The third-order valence-electron chi connectivity index (χ3n) is 6.61. The van der Waals surface area contributed by atoms with Gasteiger partial charge in [0.25, 0.3) is 0 Å². The molecule has 5 heteroatoms. The van der Waals surface area contributed by atoms with Gasteiger partial charge in [-0.15, -0.1) is 0 Å². The van der Waals surface area contributed by atoms with Crippen molar-refractivity contribution in [3.63, 3.8) is 0 Å². The van der Waals surface area contributed by atoms with E-state index < -0.39 is 0 Å². The van der Waals surface area contributed by atoms with Crippen molar-refractivity contribution in [2.24, 2.45) is 0 Å². The molecule has 0 fully saturated rings. The molecule has 4 nitrogen and oxygen atoms in total. The molecule has 0 atom stereocenters. The van der Waals surface area contributed by atoms with E-state index in [1.54, 1.807) is 0 Å². The molecule has 0 spiro atoms. The normalized spacial score (nSPS) is 11.3. The van der Waals surface area contributed by atoms with Crippen LogP contribution in [0.1, 0.15) is 0 Å². The SMILES string of the molecule is Brc1cccc(-c2nc(-c3ccc(-c4ccccc4)cc3)nc(-c3ccc4c(c3)oc3ccccc34)n2)c1. The molecule has 0 aliphatic rings. The van der Waals surface area contributed by atoms with E-state index in [4.69, 9.17) is 19.4 Å². The van der Waals surface area contributed by atoms with Crippen LogP contribution in [0.25, 0.3) is 67.2 Å². The standard InChI is InChI=1S/C33H20BrN3O/c34-26-10-6-9-24(19-26)32-35-31(23-15-13-22(14-16-23)21-7-2-1-3-8-21)36-33(37-32)25-17-18-28-27-11-4-5-12-29(27)38-30(28)20-25/h1-20H. The zero-order chi connectivity index (χ0) is 25.5. The minimum atomic E-state index is 0.597. The van der Waals surface area contributed by atoms with E-state index in [1.807, 2.05) is 72.8 Å². The predicted molar refractivity (Wildman–Crippen MR) is 157 cm³/mol. The van der Waals surface area contributed by atoms with Crippen LogP contribution in [-0.2, 0) is 0 Å². The second-order valence-corrected chi connectivity index (χ2v) is 9.98. The minimum Gasteiger partial charge on any atom is -0.456 e. The van der Waals surface area contributed by atoms with E-state index in [1.165, 1.54) is 5.56 Å². The lowest BCUT2D eigenvalue weighted by atomic mass is 10.0. The highest BCUT2D eigenvalue weighted by Crippen LogP contribution is 2.33. The first-order valence-electron chi connectivity index (χ1n) is 12.3. The van der Waals surface area contributed by atoms with Crippen LogP contribution in [0.3, 0.4) is 0 Å². The molecule has 0 bridgehead atoms. The first kappa shape index (κ1) is 22.6. The smallest absolute Gasteiger partial charge is 0.164 e. The molecule has 2 heterocycles. The van der Waals surface area contributed by atoms with Gasteiger partial charge < -0.3 is 4.42 Å². The Balaban J connectivity index is 1.37. The highest BCUT2D eigenvalue weighted by molar-refractivity contribution is 9.10. The molecule has 7 aromatic rings. The summed E-state index contributed by atoms with van der Waals surface area (Å²) >= 11 is 3.58. The molecule has 0 radical (unpaired) electrons. The number of furan rings is 1. The third-order valence-corrected chi connectivity index (χ3v) is 7.10. The summed E-state index contributed by atoms with van der Waals surface area (Å²) in [5, 5.41) is 2.17. The van der Waals surface area contributed by atoms with Gasteiger partial charge in [-0.2, -0.15) is 0 Å². The summed E-state index contributed by atoms with van der Waals surface area (Å²) in [5.74, 6) is 1.83. The molecule has 0 amide bonds. The van der Waals surface area contributed by atoms with Crippen molar-refractivity contribution < 1.29 is 4.42 Å². The van der Waals surface area contributed by atoms with Gasteiger partial charge in [-0.25, -0.2) is 15.0 Å². The van der Waals surface area contributed by atoms with Crippen molar-refractivity contribution in [2.75, 3.05) is 0 Å². The van der Waals surface area contributed by atoms with Crippen molar-refractivity contribution in [3.8, 4) is 45.3 Å². The Kier molecular flexibility index (Phi) is 5.56. The molecule has 180 valence electrons. The van der Waals surface area contributed by atoms with Crippen LogP contribution in [0.2, 0.25) is 0 Å². The van der Waals surface area contributed by atoms with E-state index in [2.05, 4.69) is 64.5 Å². The monoisotopic (exact) mass is 553 g/mol. The molecular formula is C33H20BrN3O. The minimum absolute atomic E-state index is 0.597. The maximum Gasteiger partial charge on any atom is 0.164 e. The summed E-state index contributed by atoms with van der Waals surface area (Å²) in [7, 11) is 0. The number of nitrogens with zero attached hydrogens (tertiary/aromatic N) is 3. The molecule has 0 unspecified atom stereocenters. The Morgan fingerprint density at radius 3 is 1.74 bits per heavy atom. The average Bonchev–Trinajstić information content (AvgIpc) is 3.35. The lowest BCUT2D eigenvalue weighted by Crippen LogP contribution is -2.00. The summed E-state index contributed by atoms with van der Waals surface area (Å²) in [6, 6.07) is 40.9. The van der Waals surface area contributed by atoms with E-state index in [0.717, 1.165) is 48.7 Å². The van der Waals surface area contributed by atoms with Crippen LogP contribution in [0.15, 0.2) is 130 Å². The van der Waals surface area contributed by atoms with E-state index in [9.17, 15) is 0 Å². The average molecular weight is 554 g/mol. The van der Waals surface area contributed by atoms with Crippen LogP contribution in [0.5, 0.6) is 0 Å². The first-order chi connectivity index (χ1) is 18.7. The Morgan fingerprint density at radius 1 is 0.421 bits per heavy atom. The van der Waals surface area contributed by atoms with Crippen LogP contribution in [0.4, 0.5) is 0 Å². The number of aromatic nitrogens is 3. The van der Waals surface area contributed by atoms with E-state index in [-0.39, 0.29) is 0 Å². The molecule has 0 aliphatic heterocycles. The number of benzene rings is 5. The van der Waals surface area contributed by atoms with Gasteiger partial charge in [-0.1, -0.05) is 107 Å². The second-order valence-electron chi connectivity index (χ2n) is 9.07. The second kappa shape index (κ2) is 9.36. The van der Waals surface area contributed by atoms with E-state index >= 15 is 0 Å². The highest BCUT2D eigenvalue weighted by Gasteiger charge is 2.15. The van der Waals surface area contributed by atoms with Gasteiger partial charge in [0, 0.05) is 31.9 Å². The maximum atomic E-state index is 6.14. The molecule has 5 aromatic carbocycles. The fourth-order valence-electron chi connectivity index (χ4n) is 4.70. The molecular weight excluding hydrogens is 534 g/mol. The first-order valence-corrected chi connectivity index (χ1v) is 13.1. The molecule has 0 N–H and O–H groups in total. The van der Waals surface area contributed by atoms with Gasteiger partial charge in [-0.3, -0.25) is 0 Å². The predicted octanol–water partition coefficient (Wildman–Crippen LogP) is 9.20. The van der Waals surface area contributed by atoms with Crippen molar-refractivity contribution >= 4 is 37.9 Å². The summed E-state index contributed by atoms with van der Waals surface area (Å²) in [4.78, 5) is 14.7. The number of para-hydroxylation sites is 1. The lowest BCUT2D eigenvalue weighted by molar-refractivity contribution is 0.669. The fraction of sp³-hybridized carbons (Fsp3) is 0. The van der Waals surface area contributed by atoms with E-state index in [0.29, 0.717) is 17.5 Å².